The Hall–Kier alpha value is -2.08. The van der Waals surface area contributed by atoms with Crippen LogP contribution < -0.4 is 20.7 Å². The van der Waals surface area contributed by atoms with E-state index in [1.54, 1.807) is 25.1 Å². The van der Waals surface area contributed by atoms with Gasteiger partial charge in [0.05, 0.1) is 5.69 Å². The van der Waals surface area contributed by atoms with E-state index in [-0.39, 0.29) is 17.9 Å². The lowest BCUT2D eigenvalue weighted by atomic mass is 9.99. The van der Waals surface area contributed by atoms with Gasteiger partial charge in [-0.25, -0.2) is 0 Å². The zero-order valence-electron chi connectivity index (χ0n) is 13.1. The minimum Gasteiger partial charge on any atom is -0.479 e. The Morgan fingerprint density at radius 2 is 2.00 bits per heavy atom. The van der Waals surface area contributed by atoms with Crippen LogP contribution in [-0.4, -0.2) is 36.0 Å². The van der Waals surface area contributed by atoms with Crippen LogP contribution in [0.4, 0.5) is 5.69 Å². The smallest absolute Gasteiger partial charge is 0.265 e. The average molecular weight is 315 g/mol. The Morgan fingerprint density at radius 1 is 1.26 bits per heavy atom. The molecular weight excluding hydrogens is 294 g/mol. The van der Waals surface area contributed by atoms with Gasteiger partial charge in [0.2, 0.25) is 0 Å². The lowest BCUT2D eigenvalue weighted by Gasteiger charge is -2.30. The molecule has 2 unspecified atom stereocenters. The average Bonchev–Trinajstić information content (AvgIpc) is 2.87. The first-order valence-electron chi connectivity index (χ1n) is 8.27. The number of piperidine rings is 1. The molecule has 1 aromatic rings. The highest BCUT2D eigenvalue weighted by Gasteiger charge is 2.34. The molecule has 6 nitrogen and oxygen atoms in total. The van der Waals surface area contributed by atoms with Crippen molar-refractivity contribution >= 4 is 17.5 Å². The predicted molar refractivity (Wildman–Crippen MR) is 85.6 cm³/mol. The fraction of sp³-hybridized carbons (Fsp3) is 0.529. The summed E-state index contributed by atoms with van der Waals surface area (Å²) < 4.78 is 5.51. The maximum atomic E-state index is 12.5. The molecule has 4 rings (SSSR count). The number of carbonyl (C=O) groups is 2. The molecule has 2 amide bonds. The van der Waals surface area contributed by atoms with E-state index in [9.17, 15) is 9.59 Å². The van der Waals surface area contributed by atoms with Gasteiger partial charge < -0.3 is 20.7 Å². The molecule has 6 heteroatoms. The van der Waals surface area contributed by atoms with Crippen molar-refractivity contribution < 1.29 is 14.3 Å². The standard InChI is InChI=1S/C17H21N3O3/c1-9-16(21)20-14-6-10(2-5-15(14)23-9)17(22)19-13-7-11-3-4-12(8-13)18-11/h2,5-6,9,11-13,18H,3-4,7-8H2,1H3,(H,19,22)(H,20,21)/t9?,11-,12+,13?. The third-order valence-corrected chi connectivity index (χ3v) is 4.98. The summed E-state index contributed by atoms with van der Waals surface area (Å²) in [5.41, 5.74) is 1.11. The van der Waals surface area contributed by atoms with Crippen LogP contribution in [0.15, 0.2) is 18.2 Å². The molecule has 2 fully saturated rings. The van der Waals surface area contributed by atoms with Crippen molar-refractivity contribution in [2.45, 2.75) is 56.8 Å². The number of hydrogen-bond donors (Lipinski definition) is 3. The number of carbonyl (C=O) groups excluding carboxylic acids is 2. The number of ether oxygens (including phenoxy) is 1. The number of fused-ring (bicyclic) bond motifs is 3. The summed E-state index contributed by atoms with van der Waals surface area (Å²) in [5, 5.41) is 9.48. The highest BCUT2D eigenvalue weighted by atomic mass is 16.5. The minimum absolute atomic E-state index is 0.0908. The van der Waals surface area contributed by atoms with E-state index in [2.05, 4.69) is 16.0 Å². The van der Waals surface area contributed by atoms with Gasteiger partial charge in [-0.2, -0.15) is 0 Å². The SMILES string of the molecule is CC1Oc2ccc(C(=O)NC3C[C@H]4CC[C@@H](C3)N4)cc2NC1=O. The van der Waals surface area contributed by atoms with E-state index in [1.165, 1.54) is 12.8 Å². The molecule has 3 aliphatic heterocycles. The van der Waals surface area contributed by atoms with Crippen molar-refractivity contribution in [2.75, 3.05) is 5.32 Å². The van der Waals surface area contributed by atoms with Gasteiger partial charge in [0, 0.05) is 23.7 Å². The Bertz CT molecular complexity index is 648. The van der Waals surface area contributed by atoms with Gasteiger partial charge in [-0.1, -0.05) is 0 Å². The summed E-state index contributed by atoms with van der Waals surface area (Å²) in [4.78, 5) is 24.2. The fourth-order valence-corrected chi connectivity index (χ4v) is 3.79. The molecule has 0 aromatic heterocycles. The molecule has 2 saturated heterocycles. The molecular formula is C17H21N3O3. The van der Waals surface area contributed by atoms with Crippen LogP contribution in [0.3, 0.4) is 0 Å². The highest BCUT2D eigenvalue weighted by Crippen LogP contribution is 2.31. The zero-order chi connectivity index (χ0) is 16.0. The van der Waals surface area contributed by atoms with Gasteiger partial charge in [0.25, 0.3) is 11.8 Å². The van der Waals surface area contributed by atoms with Crippen molar-refractivity contribution in [1.29, 1.82) is 0 Å². The molecule has 3 N–H and O–H groups in total. The Labute approximate surface area is 135 Å². The Balaban J connectivity index is 1.46. The van der Waals surface area contributed by atoms with E-state index in [0.717, 1.165) is 12.8 Å². The molecule has 23 heavy (non-hydrogen) atoms. The van der Waals surface area contributed by atoms with Crippen LogP contribution in [0.1, 0.15) is 43.0 Å². The normalized spacial score (nSPS) is 31.8. The van der Waals surface area contributed by atoms with E-state index < -0.39 is 6.10 Å². The molecule has 3 heterocycles. The maximum Gasteiger partial charge on any atom is 0.265 e. The fourth-order valence-electron chi connectivity index (χ4n) is 3.79. The first kappa shape index (κ1) is 14.5. The molecule has 0 aliphatic carbocycles. The first-order valence-corrected chi connectivity index (χ1v) is 8.27. The number of rotatable bonds is 2. The summed E-state index contributed by atoms with van der Waals surface area (Å²) in [6, 6.07) is 6.47. The third kappa shape index (κ3) is 2.79. The van der Waals surface area contributed by atoms with Crippen LogP contribution in [0.2, 0.25) is 0 Å². The zero-order valence-corrected chi connectivity index (χ0v) is 13.1. The summed E-state index contributed by atoms with van der Waals surface area (Å²) in [7, 11) is 0. The second-order valence-electron chi connectivity index (χ2n) is 6.74. The van der Waals surface area contributed by atoms with Crippen molar-refractivity contribution in [2.24, 2.45) is 0 Å². The number of nitrogens with one attached hydrogen (secondary N) is 3. The molecule has 122 valence electrons. The van der Waals surface area contributed by atoms with E-state index >= 15 is 0 Å². The van der Waals surface area contributed by atoms with Crippen molar-refractivity contribution in [3.05, 3.63) is 23.8 Å². The van der Waals surface area contributed by atoms with Crippen LogP contribution in [0, 0.1) is 0 Å². The number of benzene rings is 1. The van der Waals surface area contributed by atoms with Crippen molar-refractivity contribution in [3.8, 4) is 5.75 Å². The quantitative estimate of drug-likeness (QED) is 0.771. The monoisotopic (exact) mass is 315 g/mol. The lowest BCUT2D eigenvalue weighted by Crippen LogP contribution is -2.48. The summed E-state index contributed by atoms with van der Waals surface area (Å²) in [5.74, 6) is 0.325. The summed E-state index contributed by atoms with van der Waals surface area (Å²) >= 11 is 0. The van der Waals surface area contributed by atoms with Crippen molar-refractivity contribution in [3.63, 3.8) is 0 Å². The highest BCUT2D eigenvalue weighted by molar-refractivity contribution is 6.01. The van der Waals surface area contributed by atoms with Crippen LogP contribution in [0.25, 0.3) is 0 Å². The Kier molecular flexibility index (Phi) is 3.49. The Morgan fingerprint density at radius 3 is 2.74 bits per heavy atom. The summed E-state index contributed by atoms with van der Waals surface area (Å²) in [6.45, 7) is 1.70. The molecule has 0 radical (unpaired) electrons. The number of amides is 2. The molecule has 1 aromatic carbocycles. The van der Waals surface area contributed by atoms with Gasteiger partial charge in [0.1, 0.15) is 5.75 Å². The van der Waals surface area contributed by atoms with Crippen LogP contribution >= 0.6 is 0 Å². The molecule has 0 saturated carbocycles. The maximum absolute atomic E-state index is 12.5. The molecule has 0 spiro atoms. The van der Waals surface area contributed by atoms with Gasteiger partial charge in [0.15, 0.2) is 6.10 Å². The summed E-state index contributed by atoms with van der Waals surface area (Å²) in [6.07, 6.45) is 3.89. The second kappa shape index (κ2) is 5.53. The minimum atomic E-state index is -0.507. The van der Waals surface area contributed by atoms with Gasteiger partial charge in [-0.15, -0.1) is 0 Å². The molecule has 2 bridgehead atoms. The van der Waals surface area contributed by atoms with Gasteiger partial charge in [-0.3, -0.25) is 9.59 Å². The third-order valence-electron chi connectivity index (χ3n) is 4.98. The van der Waals surface area contributed by atoms with Gasteiger partial charge >= 0.3 is 0 Å². The van der Waals surface area contributed by atoms with Crippen LogP contribution in [-0.2, 0) is 4.79 Å². The largest absolute Gasteiger partial charge is 0.479 e. The molecule has 4 atom stereocenters. The van der Waals surface area contributed by atoms with Crippen molar-refractivity contribution in [1.82, 2.24) is 10.6 Å². The van der Waals surface area contributed by atoms with E-state index in [0.29, 0.717) is 29.1 Å². The van der Waals surface area contributed by atoms with E-state index in [4.69, 9.17) is 4.74 Å². The molecule has 3 aliphatic rings. The topological polar surface area (TPSA) is 79.5 Å². The second-order valence-corrected chi connectivity index (χ2v) is 6.74. The first-order chi connectivity index (χ1) is 11.1. The lowest BCUT2D eigenvalue weighted by molar-refractivity contribution is -0.122. The van der Waals surface area contributed by atoms with E-state index in [1.807, 2.05) is 0 Å². The number of hydrogen-bond acceptors (Lipinski definition) is 4. The number of anilines is 1. The predicted octanol–water partition coefficient (Wildman–Crippen LogP) is 1.42. The van der Waals surface area contributed by atoms with Crippen LogP contribution in [0.5, 0.6) is 5.75 Å². The van der Waals surface area contributed by atoms with Gasteiger partial charge in [-0.05, 0) is 50.8 Å².